The lowest BCUT2D eigenvalue weighted by Gasteiger charge is -2.12. The Kier molecular flexibility index (Phi) is 4.90. The van der Waals surface area contributed by atoms with Crippen molar-refractivity contribution in [2.45, 2.75) is 39.2 Å². The third kappa shape index (κ3) is 3.65. The van der Waals surface area contributed by atoms with Gasteiger partial charge in [-0.05, 0) is 24.4 Å². The summed E-state index contributed by atoms with van der Waals surface area (Å²) in [5.41, 5.74) is 0. The smallest absolute Gasteiger partial charge is 0.228 e. The molecule has 0 aromatic carbocycles. The van der Waals surface area contributed by atoms with E-state index in [1.54, 1.807) is 11.3 Å². The first-order chi connectivity index (χ1) is 8.81. The van der Waals surface area contributed by atoms with E-state index in [1.165, 1.54) is 4.88 Å². The van der Waals surface area contributed by atoms with Crippen LogP contribution in [0.4, 0.5) is 0 Å². The lowest BCUT2D eigenvalue weighted by atomic mass is 10.1. The summed E-state index contributed by atoms with van der Waals surface area (Å²) in [4.78, 5) is 5.71. The summed E-state index contributed by atoms with van der Waals surface area (Å²) in [5.74, 6) is 1.51. The van der Waals surface area contributed by atoms with Gasteiger partial charge >= 0.3 is 0 Å². The fraction of sp³-hybridized carbons (Fsp3) is 0.538. The second-order valence-corrected chi connectivity index (χ2v) is 5.26. The van der Waals surface area contributed by atoms with E-state index in [1.807, 2.05) is 6.07 Å². The van der Waals surface area contributed by atoms with Crippen molar-refractivity contribution in [1.29, 1.82) is 0 Å². The first-order valence-electron chi connectivity index (χ1n) is 6.39. The molecule has 2 heterocycles. The number of nitrogens with one attached hydrogen (secondary N) is 1. The molecular weight excluding hydrogens is 246 g/mol. The van der Waals surface area contributed by atoms with Crippen molar-refractivity contribution in [1.82, 2.24) is 15.5 Å². The third-order valence-corrected chi connectivity index (χ3v) is 3.71. The molecule has 0 fully saturated rings. The van der Waals surface area contributed by atoms with Crippen LogP contribution in [0, 0.1) is 0 Å². The maximum absolute atomic E-state index is 5.30. The number of hydrogen-bond donors (Lipinski definition) is 1. The lowest BCUT2D eigenvalue weighted by molar-refractivity contribution is 0.352. The maximum atomic E-state index is 5.30. The number of nitrogens with zero attached hydrogens (tertiary/aromatic N) is 2. The topological polar surface area (TPSA) is 51.0 Å². The summed E-state index contributed by atoms with van der Waals surface area (Å²) in [7, 11) is 0. The minimum atomic E-state index is 0.421. The molecule has 0 bridgehead atoms. The Morgan fingerprint density at radius 1 is 1.44 bits per heavy atom. The van der Waals surface area contributed by atoms with Gasteiger partial charge in [-0.15, -0.1) is 11.3 Å². The predicted octanol–water partition coefficient (Wildman–Crippen LogP) is 2.65. The molecule has 2 rings (SSSR count). The van der Waals surface area contributed by atoms with Crippen LogP contribution in [0.15, 0.2) is 22.0 Å². The second-order valence-electron chi connectivity index (χ2n) is 4.23. The molecule has 0 saturated carbocycles. The quantitative estimate of drug-likeness (QED) is 0.836. The molecule has 0 aliphatic carbocycles. The van der Waals surface area contributed by atoms with E-state index in [0.29, 0.717) is 6.04 Å². The first-order valence-corrected chi connectivity index (χ1v) is 7.27. The van der Waals surface area contributed by atoms with Crippen LogP contribution in [-0.2, 0) is 12.8 Å². The van der Waals surface area contributed by atoms with Gasteiger partial charge in [-0.3, -0.25) is 0 Å². The fourth-order valence-electron chi connectivity index (χ4n) is 1.87. The summed E-state index contributed by atoms with van der Waals surface area (Å²) < 4.78 is 5.30. The van der Waals surface area contributed by atoms with Gasteiger partial charge in [0, 0.05) is 23.8 Å². The maximum Gasteiger partial charge on any atom is 0.228 e. The zero-order valence-corrected chi connectivity index (χ0v) is 11.7. The van der Waals surface area contributed by atoms with Gasteiger partial charge in [-0.25, -0.2) is 0 Å². The van der Waals surface area contributed by atoms with Crippen LogP contribution in [-0.4, -0.2) is 22.7 Å². The van der Waals surface area contributed by atoms with E-state index in [4.69, 9.17) is 4.52 Å². The number of likely N-dealkylation sites (N-methyl/N-ethyl adjacent to an activating group) is 1. The van der Waals surface area contributed by atoms with Crippen molar-refractivity contribution in [3.63, 3.8) is 0 Å². The van der Waals surface area contributed by atoms with Crippen LogP contribution in [0.3, 0.4) is 0 Å². The SMILES string of the molecule is CCNC(CC)Cc1nc(Cc2cccs2)no1. The third-order valence-electron chi connectivity index (χ3n) is 2.83. The Balaban J connectivity index is 1.93. The van der Waals surface area contributed by atoms with Crippen LogP contribution in [0.25, 0.3) is 0 Å². The fourth-order valence-corrected chi connectivity index (χ4v) is 2.58. The Morgan fingerprint density at radius 3 is 3.00 bits per heavy atom. The number of thiophene rings is 1. The minimum Gasteiger partial charge on any atom is -0.339 e. The molecule has 0 aliphatic heterocycles. The number of hydrogen-bond acceptors (Lipinski definition) is 5. The summed E-state index contributed by atoms with van der Waals surface area (Å²) >= 11 is 1.72. The van der Waals surface area contributed by atoms with Crippen LogP contribution >= 0.6 is 11.3 Å². The van der Waals surface area contributed by atoms with E-state index >= 15 is 0 Å². The molecular formula is C13H19N3OS. The molecule has 2 aromatic heterocycles. The molecule has 1 N–H and O–H groups in total. The molecule has 2 aromatic rings. The minimum absolute atomic E-state index is 0.421. The van der Waals surface area contributed by atoms with Crippen molar-refractivity contribution < 1.29 is 4.52 Å². The molecule has 1 unspecified atom stereocenters. The molecule has 18 heavy (non-hydrogen) atoms. The van der Waals surface area contributed by atoms with Gasteiger partial charge < -0.3 is 9.84 Å². The Morgan fingerprint density at radius 2 is 2.33 bits per heavy atom. The average molecular weight is 265 g/mol. The highest BCUT2D eigenvalue weighted by Crippen LogP contribution is 2.13. The number of aromatic nitrogens is 2. The van der Waals surface area contributed by atoms with Crippen LogP contribution in [0.1, 0.15) is 36.9 Å². The van der Waals surface area contributed by atoms with E-state index in [9.17, 15) is 0 Å². The monoisotopic (exact) mass is 265 g/mol. The Hall–Kier alpha value is -1.20. The highest BCUT2D eigenvalue weighted by atomic mass is 32.1. The van der Waals surface area contributed by atoms with Crippen molar-refractivity contribution in [3.05, 3.63) is 34.1 Å². The zero-order chi connectivity index (χ0) is 12.8. The van der Waals surface area contributed by atoms with E-state index in [2.05, 4.69) is 40.8 Å². The molecule has 0 amide bonds. The Bertz CT molecular complexity index is 453. The van der Waals surface area contributed by atoms with E-state index < -0.39 is 0 Å². The molecule has 0 radical (unpaired) electrons. The van der Waals surface area contributed by atoms with E-state index in [0.717, 1.165) is 37.5 Å². The normalized spacial score (nSPS) is 12.8. The molecule has 1 atom stereocenters. The van der Waals surface area contributed by atoms with Gasteiger partial charge in [-0.2, -0.15) is 4.98 Å². The van der Waals surface area contributed by atoms with Crippen molar-refractivity contribution in [2.24, 2.45) is 0 Å². The largest absolute Gasteiger partial charge is 0.339 e. The summed E-state index contributed by atoms with van der Waals surface area (Å²) in [6, 6.07) is 4.55. The summed E-state index contributed by atoms with van der Waals surface area (Å²) in [6.07, 6.45) is 2.64. The van der Waals surface area contributed by atoms with E-state index in [-0.39, 0.29) is 0 Å². The van der Waals surface area contributed by atoms with Crippen molar-refractivity contribution in [3.8, 4) is 0 Å². The summed E-state index contributed by atoms with van der Waals surface area (Å²) in [5, 5.41) is 9.51. The second kappa shape index (κ2) is 6.66. The van der Waals surface area contributed by atoms with Crippen molar-refractivity contribution >= 4 is 11.3 Å². The van der Waals surface area contributed by atoms with Gasteiger partial charge in [0.1, 0.15) is 0 Å². The van der Waals surface area contributed by atoms with Gasteiger partial charge in [0.15, 0.2) is 5.82 Å². The highest BCUT2D eigenvalue weighted by molar-refractivity contribution is 7.09. The highest BCUT2D eigenvalue weighted by Gasteiger charge is 2.12. The molecule has 5 heteroatoms. The van der Waals surface area contributed by atoms with Crippen LogP contribution in [0.2, 0.25) is 0 Å². The van der Waals surface area contributed by atoms with Crippen molar-refractivity contribution in [2.75, 3.05) is 6.54 Å². The first kappa shape index (κ1) is 13.2. The molecule has 98 valence electrons. The zero-order valence-electron chi connectivity index (χ0n) is 10.8. The number of rotatable bonds is 7. The van der Waals surface area contributed by atoms with Gasteiger partial charge in [0.2, 0.25) is 5.89 Å². The summed E-state index contributed by atoms with van der Waals surface area (Å²) in [6.45, 7) is 5.24. The molecule has 0 aliphatic rings. The van der Waals surface area contributed by atoms with Gasteiger partial charge in [-0.1, -0.05) is 25.1 Å². The van der Waals surface area contributed by atoms with Crippen LogP contribution < -0.4 is 5.32 Å². The molecule has 0 spiro atoms. The standard InChI is InChI=1S/C13H19N3OS/c1-3-10(14-4-2)8-13-15-12(16-17-13)9-11-6-5-7-18-11/h5-7,10,14H,3-4,8-9H2,1-2H3. The van der Waals surface area contributed by atoms with Crippen LogP contribution in [0.5, 0.6) is 0 Å². The average Bonchev–Trinajstić information content (AvgIpc) is 3.01. The lowest BCUT2D eigenvalue weighted by Crippen LogP contribution is -2.30. The molecule has 4 nitrogen and oxygen atoms in total. The molecule has 0 saturated heterocycles. The predicted molar refractivity (Wildman–Crippen MR) is 72.9 cm³/mol. The van der Waals surface area contributed by atoms with Gasteiger partial charge in [0.25, 0.3) is 0 Å². The van der Waals surface area contributed by atoms with Gasteiger partial charge in [0.05, 0.1) is 0 Å². The Labute approximate surface area is 111 Å².